The van der Waals surface area contributed by atoms with E-state index in [1.165, 1.54) is 44.9 Å². The highest BCUT2D eigenvalue weighted by Gasteiger charge is 2.35. The van der Waals surface area contributed by atoms with Gasteiger partial charge in [0.25, 0.3) is 5.56 Å². The maximum absolute atomic E-state index is 12.5. The minimum absolute atomic E-state index is 0.0356. The molecule has 126 valence electrons. The first-order valence-electron chi connectivity index (χ1n) is 8.85. The average molecular weight is 325 g/mol. The van der Waals surface area contributed by atoms with Crippen LogP contribution in [0.1, 0.15) is 38.5 Å². The van der Waals surface area contributed by atoms with E-state index in [1.807, 2.05) is 7.05 Å². The van der Waals surface area contributed by atoms with Gasteiger partial charge in [-0.25, -0.2) is 15.0 Å². The van der Waals surface area contributed by atoms with Crippen LogP contribution in [0.25, 0.3) is 11.4 Å². The quantitative estimate of drug-likeness (QED) is 0.848. The van der Waals surface area contributed by atoms with Crippen molar-refractivity contribution in [3.05, 3.63) is 35.0 Å². The predicted molar refractivity (Wildman–Crippen MR) is 92.8 cm³/mol. The Morgan fingerprint density at radius 3 is 2.79 bits per heavy atom. The maximum Gasteiger partial charge on any atom is 0.255 e. The van der Waals surface area contributed by atoms with E-state index in [0.717, 1.165) is 18.4 Å². The van der Waals surface area contributed by atoms with E-state index in [2.05, 4.69) is 14.9 Å². The van der Waals surface area contributed by atoms with Crippen molar-refractivity contribution in [2.24, 2.45) is 13.0 Å². The maximum atomic E-state index is 12.5. The summed E-state index contributed by atoms with van der Waals surface area (Å²) in [7, 11) is 1.82. The highest BCUT2D eigenvalue weighted by molar-refractivity contribution is 5.55. The molecular formula is C18H23N5O. The molecular weight excluding hydrogens is 302 g/mol. The van der Waals surface area contributed by atoms with Crippen molar-refractivity contribution >= 4 is 5.95 Å². The largest absolute Gasteiger partial charge is 0.339 e. The van der Waals surface area contributed by atoms with Crippen LogP contribution in [0.5, 0.6) is 0 Å². The minimum Gasteiger partial charge on any atom is -0.339 e. The van der Waals surface area contributed by atoms with Crippen LogP contribution in [0.3, 0.4) is 0 Å². The first kappa shape index (κ1) is 15.3. The van der Waals surface area contributed by atoms with Crippen molar-refractivity contribution in [3.63, 3.8) is 0 Å². The molecule has 24 heavy (non-hydrogen) atoms. The fourth-order valence-electron chi connectivity index (χ4n) is 4.23. The van der Waals surface area contributed by atoms with E-state index in [4.69, 9.17) is 4.98 Å². The Hall–Kier alpha value is -2.24. The SMILES string of the molecule is Cn1c(N2CCC[C@@H]3CCCC[C@H]32)nc(-c2ccncn2)cc1=O. The summed E-state index contributed by atoms with van der Waals surface area (Å²) in [6.07, 6.45) is 10.8. The highest BCUT2D eigenvalue weighted by Crippen LogP contribution is 2.37. The summed E-state index contributed by atoms with van der Waals surface area (Å²) in [6.45, 7) is 0.981. The molecule has 6 heteroatoms. The molecule has 0 N–H and O–H groups in total. The predicted octanol–water partition coefficient (Wildman–Crippen LogP) is 2.40. The number of hydrogen-bond donors (Lipinski definition) is 0. The van der Waals surface area contributed by atoms with Crippen molar-refractivity contribution in [3.8, 4) is 11.4 Å². The van der Waals surface area contributed by atoms with Crippen molar-refractivity contribution in [2.75, 3.05) is 11.4 Å². The Bertz CT molecular complexity index is 771. The van der Waals surface area contributed by atoms with Crippen LogP contribution < -0.4 is 10.5 Å². The van der Waals surface area contributed by atoms with Crippen molar-refractivity contribution in [1.82, 2.24) is 19.5 Å². The number of aromatic nitrogens is 4. The van der Waals surface area contributed by atoms with E-state index >= 15 is 0 Å². The summed E-state index contributed by atoms with van der Waals surface area (Å²) in [6, 6.07) is 3.88. The van der Waals surface area contributed by atoms with Gasteiger partial charge in [0.15, 0.2) is 0 Å². The molecule has 4 rings (SSSR count). The molecule has 1 saturated carbocycles. The third-order valence-electron chi connectivity index (χ3n) is 5.46. The van der Waals surface area contributed by atoms with E-state index in [-0.39, 0.29) is 5.56 Å². The summed E-state index contributed by atoms with van der Waals surface area (Å²) in [4.78, 5) is 27.9. The molecule has 2 aliphatic rings. The second-order valence-electron chi connectivity index (χ2n) is 6.88. The lowest BCUT2D eigenvalue weighted by molar-refractivity contribution is 0.240. The van der Waals surface area contributed by atoms with Crippen LogP contribution in [0.15, 0.2) is 29.5 Å². The Kier molecular flexibility index (Phi) is 4.04. The molecule has 0 amide bonds. The number of anilines is 1. The monoisotopic (exact) mass is 325 g/mol. The van der Waals surface area contributed by atoms with Crippen LogP contribution in [0.4, 0.5) is 5.95 Å². The summed E-state index contributed by atoms with van der Waals surface area (Å²) >= 11 is 0. The molecule has 0 spiro atoms. The Labute approximate surface area is 141 Å². The molecule has 0 bridgehead atoms. The number of fused-ring (bicyclic) bond motifs is 1. The smallest absolute Gasteiger partial charge is 0.255 e. The first-order valence-corrected chi connectivity index (χ1v) is 8.85. The molecule has 2 fully saturated rings. The van der Waals surface area contributed by atoms with Gasteiger partial charge in [-0.15, -0.1) is 0 Å². The molecule has 0 radical (unpaired) electrons. The summed E-state index contributed by atoms with van der Waals surface area (Å²) < 4.78 is 1.68. The lowest BCUT2D eigenvalue weighted by Gasteiger charge is -2.45. The van der Waals surface area contributed by atoms with Gasteiger partial charge in [-0.2, -0.15) is 0 Å². The number of piperidine rings is 1. The molecule has 2 atom stereocenters. The Morgan fingerprint density at radius 1 is 1.12 bits per heavy atom. The van der Waals surface area contributed by atoms with Crippen LogP contribution in [-0.4, -0.2) is 32.1 Å². The third kappa shape index (κ3) is 2.70. The third-order valence-corrected chi connectivity index (χ3v) is 5.46. The van der Waals surface area contributed by atoms with Crippen molar-refractivity contribution in [2.45, 2.75) is 44.6 Å². The molecule has 6 nitrogen and oxygen atoms in total. The zero-order valence-corrected chi connectivity index (χ0v) is 14.1. The van der Waals surface area contributed by atoms with Crippen LogP contribution in [-0.2, 0) is 7.05 Å². The van der Waals surface area contributed by atoms with Gasteiger partial charge in [-0.3, -0.25) is 9.36 Å². The lowest BCUT2D eigenvalue weighted by Crippen LogP contribution is -2.49. The summed E-state index contributed by atoms with van der Waals surface area (Å²) in [5.41, 5.74) is 1.29. The highest BCUT2D eigenvalue weighted by atomic mass is 16.1. The molecule has 2 aromatic heterocycles. The molecule has 1 aliphatic carbocycles. The van der Waals surface area contributed by atoms with Gasteiger partial charge in [0.05, 0.1) is 11.4 Å². The zero-order chi connectivity index (χ0) is 16.5. The van der Waals surface area contributed by atoms with Crippen LogP contribution in [0, 0.1) is 5.92 Å². The topological polar surface area (TPSA) is 63.9 Å². The molecule has 0 unspecified atom stereocenters. The van der Waals surface area contributed by atoms with Gasteiger partial charge in [-0.1, -0.05) is 12.8 Å². The van der Waals surface area contributed by atoms with Gasteiger partial charge >= 0.3 is 0 Å². The van der Waals surface area contributed by atoms with Gasteiger partial charge in [0.2, 0.25) is 5.95 Å². The summed E-state index contributed by atoms with van der Waals surface area (Å²) in [5.74, 6) is 1.53. The van der Waals surface area contributed by atoms with Crippen molar-refractivity contribution in [1.29, 1.82) is 0 Å². The Morgan fingerprint density at radius 2 is 1.96 bits per heavy atom. The van der Waals surface area contributed by atoms with Crippen LogP contribution in [0.2, 0.25) is 0 Å². The first-order chi connectivity index (χ1) is 11.7. The van der Waals surface area contributed by atoms with E-state index < -0.39 is 0 Å². The van der Waals surface area contributed by atoms with Crippen molar-refractivity contribution < 1.29 is 0 Å². The van der Waals surface area contributed by atoms with Gasteiger partial charge in [0, 0.05) is 31.9 Å². The molecule has 2 aromatic rings. The van der Waals surface area contributed by atoms with Gasteiger partial charge in [-0.05, 0) is 37.7 Å². The molecule has 1 aliphatic heterocycles. The normalized spacial score (nSPS) is 23.8. The Balaban J connectivity index is 1.77. The number of rotatable bonds is 2. The van der Waals surface area contributed by atoms with E-state index in [1.54, 1.807) is 22.9 Å². The van der Waals surface area contributed by atoms with Gasteiger partial charge in [0.1, 0.15) is 6.33 Å². The molecule has 0 aromatic carbocycles. The lowest BCUT2D eigenvalue weighted by atomic mass is 9.78. The number of hydrogen-bond acceptors (Lipinski definition) is 5. The molecule has 1 saturated heterocycles. The fraction of sp³-hybridized carbons (Fsp3) is 0.556. The molecule has 3 heterocycles. The second kappa shape index (κ2) is 6.34. The van der Waals surface area contributed by atoms with E-state index in [9.17, 15) is 4.79 Å². The number of nitrogens with zero attached hydrogens (tertiary/aromatic N) is 5. The fourth-order valence-corrected chi connectivity index (χ4v) is 4.23. The second-order valence-corrected chi connectivity index (χ2v) is 6.88. The zero-order valence-electron chi connectivity index (χ0n) is 14.1. The van der Waals surface area contributed by atoms with E-state index in [0.29, 0.717) is 17.4 Å². The average Bonchev–Trinajstić information content (AvgIpc) is 2.64. The summed E-state index contributed by atoms with van der Waals surface area (Å²) in [5, 5.41) is 0. The standard InChI is InChI=1S/C18H23N5O/c1-22-17(24)11-15(14-8-9-19-12-20-14)21-18(22)23-10-4-6-13-5-2-3-7-16(13)23/h8-9,11-13,16H,2-7,10H2,1H3/t13-,16+/m0/s1. The minimum atomic E-state index is -0.0356. The van der Waals surface area contributed by atoms with Crippen LogP contribution >= 0.6 is 0 Å². The van der Waals surface area contributed by atoms with Gasteiger partial charge < -0.3 is 4.90 Å².